The van der Waals surface area contributed by atoms with Gasteiger partial charge in [-0.1, -0.05) is 45.0 Å². The third-order valence-corrected chi connectivity index (χ3v) is 4.28. The SMILES string of the molecule is Cc1ccc(C(N)=S)c(N(CC(C)C)C2CCCC2)c1. The van der Waals surface area contributed by atoms with Gasteiger partial charge in [0.15, 0.2) is 0 Å². The predicted molar refractivity (Wildman–Crippen MR) is 91.5 cm³/mol. The van der Waals surface area contributed by atoms with Crippen molar-refractivity contribution in [3.8, 4) is 0 Å². The van der Waals surface area contributed by atoms with Gasteiger partial charge in [0, 0.05) is 23.8 Å². The molecule has 1 aromatic carbocycles. The molecule has 1 aliphatic rings. The number of hydrogen-bond acceptors (Lipinski definition) is 2. The first-order valence-electron chi connectivity index (χ1n) is 7.66. The van der Waals surface area contributed by atoms with Gasteiger partial charge in [0.25, 0.3) is 0 Å². The summed E-state index contributed by atoms with van der Waals surface area (Å²) in [5.74, 6) is 0.635. The maximum absolute atomic E-state index is 5.94. The highest BCUT2D eigenvalue weighted by Gasteiger charge is 2.25. The van der Waals surface area contributed by atoms with Gasteiger partial charge in [0.05, 0.1) is 0 Å². The maximum Gasteiger partial charge on any atom is 0.106 e. The van der Waals surface area contributed by atoms with Gasteiger partial charge >= 0.3 is 0 Å². The van der Waals surface area contributed by atoms with Crippen LogP contribution in [-0.2, 0) is 0 Å². The van der Waals surface area contributed by atoms with E-state index in [1.54, 1.807) is 0 Å². The van der Waals surface area contributed by atoms with Crippen LogP contribution in [-0.4, -0.2) is 17.6 Å². The summed E-state index contributed by atoms with van der Waals surface area (Å²) in [6.45, 7) is 7.76. The zero-order valence-electron chi connectivity index (χ0n) is 12.9. The van der Waals surface area contributed by atoms with Crippen LogP contribution in [0.25, 0.3) is 0 Å². The third-order valence-electron chi connectivity index (χ3n) is 4.06. The minimum atomic E-state index is 0.506. The van der Waals surface area contributed by atoms with Crippen LogP contribution in [0, 0.1) is 12.8 Å². The van der Waals surface area contributed by atoms with E-state index in [1.165, 1.54) is 36.9 Å². The molecule has 0 heterocycles. The molecule has 0 spiro atoms. The van der Waals surface area contributed by atoms with Crippen molar-refractivity contribution in [2.24, 2.45) is 11.7 Å². The highest BCUT2D eigenvalue weighted by Crippen LogP contribution is 2.32. The predicted octanol–water partition coefficient (Wildman–Crippen LogP) is 4.03. The van der Waals surface area contributed by atoms with E-state index in [1.807, 2.05) is 0 Å². The lowest BCUT2D eigenvalue weighted by molar-refractivity contribution is 0.535. The molecule has 0 amide bonds. The third kappa shape index (κ3) is 3.51. The molecule has 110 valence electrons. The highest BCUT2D eigenvalue weighted by atomic mass is 32.1. The van der Waals surface area contributed by atoms with Crippen LogP contribution in [0.3, 0.4) is 0 Å². The summed E-state index contributed by atoms with van der Waals surface area (Å²) in [7, 11) is 0. The van der Waals surface area contributed by atoms with Crippen LogP contribution >= 0.6 is 12.2 Å². The largest absolute Gasteiger partial charge is 0.389 e. The number of rotatable bonds is 5. The molecule has 0 atom stereocenters. The summed E-state index contributed by atoms with van der Waals surface area (Å²) in [5, 5.41) is 0. The Balaban J connectivity index is 2.40. The summed E-state index contributed by atoms with van der Waals surface area (Å²) in [6, 6.07) is 7.07. The topological polar surface area (TPSA) is 29.3 Å². The Kier molecular flexibility index (Phi) is 5.03. The minimum Gasteiger partial charge on any atom is -0.389 e. The van der Waals surface area contributed by atoms with Gasteiger partial charge in [-0.2, -0.15) is 0 Å². The zero-order valence-corrected chi connectivity index (χ0v) is 13.7. The first kappa shape index (κ1) is 15.3. The summed E-state index contributed by atoms with van der Waals surface area (Å²) in [6.07, 6.45) is 5.26. The average Bonchev–Trinajstić information content (AvgIpc) is 2.88. The van der Waals surface area contributed by atoms with Gasteiger partial charge in [-0.3, -0.25) is 0 Å². The molecule has 20 heavy (non-hydrogen) atoms. The number of anilines is 1. The van der Waals surface area contributed by atoms with Crippen molar-refractivity contribution in [3.63, 3.8) is 0 Å². The van der Waals surface area contributed by atoms with Gasteiger partial charge in [0.1, 0.15) is 4.99 Å². The molecular weight excluding hydrogens is 264 g/mol. The lowest BCUT2D eigenvalue weighted by Gasteiger charge is -2.34. The Bertz CT molecular complexity index is 476. The van der Waals surface area contributed by atoms with E-state index in [0.29, 0.717) is 16.9 Å². The fourth-order valence-corrected chi connectivity index (χ4v) is 3.31. The van der Waals surface area contributed by atoms with Gasteiger partial charge in [-0.25, -0.2) is 0 Å². The molecule has 0 radical (unpaired) electrons. The Morgan fingerprint density at radius 3 is 2.55 bits per heavy atom. The monoisotopic (exact) mass is 290 g/mol. The number of thiocarbonyl (C=S) groups is 1. The van der Waals surface area contributed by atoms with E-state index in [4.69, 9.17) is 18.0 Å². The standard InChI is InChI=1S/C17H26N2S/c1-12(2)11-19(14-6-4-5-7-14)16-10-13(3)8-9-15(16)17(18)20/h8-10,12,14H,4-7,11H2,1-3H3,(H2,18,20). The van der Waals surface area contributed by atoms with E-state index in [0.717, 1.165) is 12.1 Å². The second-order valence-electron chi connectivity index (χ2n) is 6.37. The fourth-order valence-electron chi connectivity index (χ4n) is 3.14. The van der Waals surface area contributed by atoms with Crippen LogP contribution in [0.15, 0.2) is 18.2 Å². The second-order valence-corrected chi connectivity index (χ2v) is 6.81. The zero-order chi connectivity index (χ0) is 14.7. The highest BCUT2D eigenvalue weighted by molar-refractivity contribution is 7.80. The number of aryl methyl sites for hydroxylation is 1. The molecular formula is C17H26N2S. The molecule has 3 heteroatoms. The quantitative estimate of drug-likeness (QED) is 0.830. The molecule has 1 fully saturated rings. The summed E-state index contributed by atoms with van der Waals surface area (Å²) >= 11 is 5.25. The van der Waals surface area contributed by atoms with Crippen molar-refractivity contribution in [1.29, 1.82) is 0 Å². The summed E-state index contributed by atoms with van der Waals surface area (Å²) in [4.78, 5) is 3.06. The molecule has 0 aliphatic heterocycles. The second kappa shape index (κ2) is 6.57. The smallest absolute Gasteiger partial charge is 0.106 e. The molecule has 2 N–H and O–H groups in total. The normalized spacial score (nSPS) is 15.8. The van der Waals surface area contributed by atoms with Gasteiger partial charge in [-0.05, 0) is 43.4 Å². The van der Waals surface area contributed by atoms with Crippen LogP contribution in [0.2, 0.25) is 0 Å². The first-order valence-corrected chi connectivity index (χ1v) is 8.07. The van der Waals surface area contributed by atoms with Crippen molar-refractivity contribution in [2.75, 3.05) is 11.4 Å². The molecule has 1 aliphatic carbocycles. The maximum atomic E-state index is 5.94. The summed E-state index contributed by atoms with van der Waals surface area (Å²) < 4.78 is 0. The fraction of sp³-hybridized carbons (Fsp3) is 0.588. The minimum absolute atomic E-state index is 0.506. The van der Waals surface area contributed by atoms with Gasteiger partial charge in [0.2, 0.25) is 0 Å². The Morgan fingerprint density at radius 2 is 2.00 bits per heavy atom. The number of hydrogen-bond donors (Lipinski definition) is 1. The molecule has 1 aromatic rings. The van der Waals surface area contributed by atoms with Crippen molar-refractivity contribution in [2.45, 2.75) is 52.5 Å². The van der Waals surface area contributed by atoms with Crippen LogP contribution in [0.4, 0.5) is 5.69 Å². The molecule has 0 aromatic heterocycles. The molecule has 1 saturated carbocycles. The van der Waals surface area contributed by atoms with Crippen LogP contribution in [0.1, 0.15) is 50.7 Å². The van der Waals surface area contributed by atoms with E-state index >= 15 is 0 Å². The van der Waals surface area contributed by atoms with Crippen molar-refractivity contribution < 1.29 is 0 Å². The van der Waals surface area contributed by atoms with Crippen LogP contribution in [0.5, 0.6) is 0 Å². The van der Waals surface area contributed by atoms with Crippen LogP contribution < -0.4 is 10.6 Å². The molecule has 0 saturated heterocycles. The number of nitrogens with zero attached hydrogens (tertiary/aromatic N) is 1. The van der Waals surface area contributed by atoms with Gasteiger partial charge in [-0.15, -0.1) is 0 Å². The molecule has 2 rings (SSSR count). The Labute approximate surface area is 128 Å². The van der Waals surface area contributed by atoms with Crippen molar-refractivity contribution in [3.05, 3.63) is 29.3 Å². The van der Waals surface area contributed by atoms with E-state index in [9.17, 15) is 0 Å². The van der Waals surface area contributed by atoms with Crippen molar-refractivity contribution in [1.82, 2.24) is 0 Å². The van der Waals surface area contributed by atoms with Crippen molar-refractivity contribution >= 4 is 22.9 Å². The van der Waals surface area contributed by atoms with E-state index in [2.05, 4.69) is 43.9 Å². The average molecular weight is 290 g/mol. The lowest BCUT2D eigenvalue weighted by Crippen LogP contribution is -2.37. The number of nitrogens with two attached hydrogens (primary N) is 1. The Hall–Kier alpha value is -1.09. The molecule has 0 bridgehead atoms. The number of benzene rings is 1. The van der Waals surface area contributed by atoms with E-state index < -0.39 is 0 Å². The first-order chi connectivity index (χ1) is 9.49. The molecule has 0 unspecified atom stereocenters. The molecule has 2 nitrogen and oxygen atoms in total. The lowest BCUT2D eigenvalue weighted by atomic mass is 10.0. The van der Waals surface area contributed by atoms with E-state index in [-0.39, 0.29) is 0 Å². The van der Waals surface area contributed by atoms with Gasteiger partial charge < -0.3 is 10.6 Å². The summed E-state index contributed by atoms with van der Waals surface area (Å²) in [5.41, 5.74) is 9.47. The Morgan fingerprint density at radius 1 is 1.35 bits per heavy atom.